The number of benzene rings is 2. The van der Waals surface area contributed by atoms with Crippen molar-refractivity contribution < 1.29 is 22.7 Å². The molecule has 0 bridgehead atoms. The molecule has 2 aromatic rings. The van der Waals surface area contributed by atoms with Gasteiger partial charge in [0.15, 0.2) is 5.78 Å². The van der Waals surface area contributed by atoms with Crippen molar-refractivity contribution in [3.63, 3.8) is 0 Å². The topological polar surface area (TPSA) is 92.8 Å². The van der Waals surface area contributed by atoms with Crippen LogP contribution in [0.4, 0.5) is 5.69 Å². The number of nitrogens with one attached hydrogen (secondary N) is 1. The lowest BCUT2D eigenvalue weighted by molar-refractivity contribution is 0.0730. The number of amides is 1. The van der Waals surface area contributed by atoms with Crippen molar-refractivity contribution in [2.45, 2.75) is 11.8 Å². The Hall–Kier alpha value is -2.55. The second-order valence-electron chi connectivity index (χ2n) is 6.10. The number of Topliss-reactive ketones (excluding diaryl/α,β-unsaturated/α-hetero) is 1. The van der Waals surface area contributed by atoms with E-state index in [2.05, 4.69) is 5.32 Å². The van der Waals surface area contributed by atoms with Gasteiger partial charge in [0, 0.05) is 24.2 Å². The fourth-order valence-corrected chi connectivity index (χ4v) is 4.33. The molecule has 1 amide bonds. The molecule has 8 heteroatoms. The summed E-state index contributed by atoms with van der Waals surface area (Å²) in [4.78, 5) is 23.9. The molecule has 1 fully saturated rings. The Morgan fingerprint density at radius 1 is 0.963 bits per heavy atom. The van der Waals surface area contributed by atoms with Crippen LogP contribution in [0.1, 0.15) is 27.6 Å². The molecule has 142 valence electrons. The van der Waals surface area contributed by atoms with Gasteiger partial charge in [-0.3, -0.25) is 9.59 Å². The minimum atomic E-state index is -3.74. The molecule has 0 radical (unpaired) electrons. The fraction of sp³-hybridized carbons (Fsp3) is 0.263. The molecule has 0 spiro atoms. The van der Waals surface area contributed by atoms with E-state index in [9.17, 15) is 18.0 Å². The summed E-state index contributed by atoms with van der Waals surface area (Å²) in [5.74, 6) is -0.543. The Balaban J connectivity index is 1.85. The first-order valence-corrected chi connectivity index (χ1v) is 9.93. The number of carbonyl (C=O) groups is 2. The van der Waals surface area contributed by atoms with Crippen molar-refractivity contribution in [1.82, 2.24) is 4.31 Å². The summed E-state index contributed by atoms with van der Waals surface area (Å²) in [5, 5.41) is 2.66. The van der Waals surface area contributed by atoms with Crippen molar-refractivity contribution in [2.75, 3.05) is 31.6 Å². The maximum Gasteiger partial charge on any atom is 0.255 e. The molecular formula is C19H20N2O5S. The highest BCUT2D eigenvalue weighted by Crippen LogP contribution is 2.25. The summed E-state index contributed by atoms with van der Waals surface area (Å²) in [6.45, 7) is 2.68. The highest BCUT2D eigenvalue weighted by atomic mass is 32.2. The van der Waals surface area contributed by atoms with E-state index in [1.807, 2.05) is 0 Å². The van der Waals surface area contributed by atoms with Crippen LogP contribution in [0.15, 0.2) is 53.4 Å². The predicted molar refractivity (Wildman–Crippen MR) is 100 cm³/mol. The molecule has 1 N–H and O–H groups in total. The van der Waals surface area contributed by atoms with E-state index in [4.69, 9.17) is 4.74 Å². The van der Waals surface area contributed by atoms with Gasteiger partial charge in [0.05, 0.1) is 18.9 Å². The number of hydrogen-bond acceptors (Lipinski definition) is 5. The number of nitrogens with zero attached hydrogens (tertiary/aromatic N) is 1. The molecule has 0 saturated carbocycles. The maximum atomic E-state index is 12.9. The number of carbonyl (C=O) groups excluding carboxylic acids is 2. The lowest BCUT2D eigenvalue weighted by atomic mass is 10.1. The maximum absolute atomic E-state index is 12.9. The number of rotatable bonds is 5. The SMILES string of the molecule is CC(=O)c1ccc(C(=O)Nc2ccccc2S(=O)(=O)N2CCOCC2)cc1. The molecule has 3 rings (SSSR count). The predicted octanol–water partition coefficient (Wildman–Crippen LogP) is 2.16. The van der Waals surface area contributed by atoms with Gasteiger partial charge >= 0.3 is 0 Å². The van der Waals surface area contributed by atoms with Gasteiger partial charge < -0.3 is 10.1 Å². The summed E-state index contributed by atoms with van der Waals surface area (Å²) in [6.07, 6.45) is 0. The second-order valence-corrected chi connectivity index (χ2v) is 8.01. The smallest absolute Gasteiger partial charge is 0.255 e. The second kappa shape index (κ2) is 7.99. The highest BCUT2D eigenvalue weighted by molar-refractivity contribution is 7.89. The van der Waals surface area contributed by atoms with Gasteiger partial charge in [0.25, 0.3) is 5.91 Å². The van der Waals surface area contributed by atoms with Crippen molar-refractivity contribution >= 4 is 27.4 Å². The van der Waals surface area contributed by atoms with Crippen LogP contribution in [0, 0.1) is 0 Å². The van der Waals surface area contributed by atoms with Gasteiger partial charge in [-0.15, -0.1) is 0 Å². The van der Waals surface area contributed by atoms with Crippen LogP contribution in [0.25, 0.3) is 0 Å². The van der Waals surface area contributed by atoms with E-state index < -0.39 is 15.9 Å². The molecule has 0 aromatic heterocycles. The minimum Gasteiger partial charge on any atom is -0.379 e. The van der Waals surface area contributed by atoms with E-state index in [0.717, 1.165) is 0 Å². The fourth-order valence-electron chi connectivity index (χ4n) is 2.77. The van der Waals surface area contributed by atoms with E-state index in [1.165, 1.54) is 29.4 Å². The average molecular weight is 388 g/mol. The van der Waals surface area contributed by atoms with Crippen LogP contribution in [0.5, 0.6) is 0 Å². The molecule has 0 atom stereocenters. The zero-order chi connectivity index (χ0) is 19.4. The normalized spacial score (nSPS) is 15.3. The van der Waals surface area contributed by atoms with Crippen LogP contribution < -0.4 is 5.32 Å². The first-order valence-electron chi connectivity index (χ1n) is 8.49. The van der Waals surface area contributed by atoms with E-state index in [1.54, 1.807) is 30.3 Å². The first-order chi connectivity index (χ1) is 12.9. The largest absolute Gasteiger partial charge is 0.379 e. The zero-order valence-electron chi connectivity index (χ0n) is 14.8. The van der Waals surface area contributed by atoms with Gasteiger partial charge in [-0.25, -0.2) is 8.42 Å². The quantitative estimate of drug-likeness (QED) is 0.793. The number of para-hydroxylation sites is 1. The highest BCUT2D eigenvalue weighted by Gasteiger charge is 2.28. The van der Waals surface area contributed by atoms with Crippen LogP contribution in [0.3, 0.4) is 0 Å². The van der Waals surface area contributed by atoms with Gasteiger partial charge in [-0.05, 0) is 31.2 Å². The number of morpholine rings is 1. The Morgan fingerprint density at radius 2 is 1.56 bits per heavy atom. The van der Waals surface area contributed by atoms with Crippen molar-refractivity contribution in [3.8, 4) is 0 Å². The zero-order valence-corrected chi connectivity index (χ0v) is 15.7. The molecule has 7 nitrogen and oxygen atoms in total. The van der Waals surface area contributed by atoms with Gasteiger partial charge in [-0.2, -0.15) is 4.31 Å². The van der Waals surface area contributed by atoms with E-state index in [0.29, 0.717) is 24.3 Å². The molecular weight excluding hydrogens is 368 g/mol. The monoisotopic (exact) mass is 388 g/mol. The molecule has 1 saturated heterocycles. The average Bonchev–Trinajstić information content (AvgIpc) is 2.69. The van der Waals surface area contributed by atoms with Crippen LogP contribution >= 0.6 is 0 Å². The number of ketones is 1. The Bertz CT molecular complexity index is 948. The summed E-state index contributed by atoms with van der Waals surface area (Å²) in [5.41, 5.74) is 1.05. The summed E-state index contributed by atoms with van der Waals surface area (Å²) in [7, 11) is -3.74. The third kappa shape index (κ3) is 4.24. The summed E-state index contributed by atoms with van der Waals surface area (Å²) >= 11 is 0. The van der Waals surface area contributed by atoms with Crippen molar-refractivity contribution in [3.05, 3.63) is 59.7 Å². The van der Waals surface area contributed by atoms with Crippen LogP contribution in [-0.2, 0) is 14.8 Å². The first kappa shape index (κ1) is 19.2. The Morgan fingerprint density at radius 3 is 2.19 bits per heavy atom. The van der Waals surface area contributed by atoms with Crippen LogP contribution in [0.2, 0.25) is 0 Å². The van der Waals surface area contributed by atoms with Gasteiger partial charge in [0.2, 0.25) is 10.0 Å². The van der Waals surface area contributed by atoms with E-state index >= 15 is 0 Å². The Kier molecular flexibility index (Phi) is 5.69. The lowest BCUT2D eigenvalue weighted by Gasteiger charge is -2.26. The number of anilines is 1. The lowest BCUT2D eigenvalue weighted by Crippen LogP contribution is -2.40. The van der Waals surface area contributed by atoms with Crippen molar-refractivity contribution in [1.29, 1.82) is 0 Å². The number of hydrogen-bond donors (Lipinski definition) is 1. The van der Waals surface area contributed by atoms with Crippen molar-refractivity contribution in [2.24, 2.45) is 0 Å². The minimum absolute atomic E-state index is 0.0422. The number of ether oxygens (including phenoxy) is 1. The molecule has 0 unspecified atom stereocenters. The molecule has 2 aromatic carbocycles. The molecule has 1 heterocycles. The standard InChI is InChI=1S/C19H20N2O5S/c1-14(22)15-6-8-16(9-7-15)19(23)20-17-4-2-3-5-18(17)27(24,25)21-10-12-26-13-11-21/h2-9H,10-13H2,1H3,(H,20,23). The third-order valence-corrected chi connectivity index (χ3v) is 6.23. The summed E-state index contributed by atoms with van der Waals surface area (Å²) in [6, 6.07) is 12.5. The molecule has 0 aliphatic carbocycles. The molecule has 1 aliphatic heterocycles. The Labute approximate surface area is 158 Å². The van der Waals surface area contributed by atoms with Gasteiger partial charge in [-0.1, -0.05) is 24.3 Å². The van der Waals surface area contributed by atoms with Crippen LogP contribution in [-0.4, -0.2) is 50.7 Å². The number of sulfonamides is 1. The van der Waals surface area contributed by atoms with E-state index in [-0.39, 0.29) is 29.5 Å². The molecule has 1 aliphatic rings. The summed E-state index contributed by atoms with van der Waals surface area (Å²) < 4.78 is 32.4. The van der Waals surface area contributed by atoms with Gasteiger partial charge in [0.1, 0.15) is 4.90 Å². The third-order valence-electron chi connectivity index (χ3n) is 4.28. The molecule has 27 heavy (non-hydrogen) atoms.